The van der Waals surface area contributed by atoms with Crippen molar-refractivity contribution < 1.29 is 4.79 Å². The van der Waals surface area contributed by atoms with E-state index in [2.05, 4.69) is 24.9 Å². The van der Waals surface area contributed by atoms with Gasteiger partial charge in [-0.05, 0) is 0 Å². The summed E-state index contributed by atoms with van der Waals surface area (Å²) in [5.74, 6) is 1.96. The number of hydrogen-bond donors (Lipinski definition) is 2. The number of nitrogens with one attached hydrogen (secondary N) is 1. The molecule has 0 spiro atoms. The van der Waals surface area contributed by atoms with Gasteiger partial charge in [0.25, 0.3) is 0 Å². The van der Waals surface area contributed by atoms with E-state index in [1.807, 2.05) is 18.8 Å². The van der Waals surface area contributed by atoms with Gasteiger partial charge in [0.05, 0.1) is 0 Å². The van der Waals surface area contributed by atoms with Gasteiger partial charge in [0, 0.05) is 0 Å². The van der Waals surface area contributed by atoms with Crippen LogP contribution in [0.5, 0.6) is 0 Å². The van der Waals surface area contributed by atoms with E-state index in [4.69, 9.17) is 0 Å². The number of carbonyl (C=O) groups excluding carboxylic acids is 1. The van der Waals surface area contributed by atoms with Crippen molar-refractivity contribution in [3.63, 3.8) is 0 Å². The summed E-state index contributed by atoms with van der Waals surface area (Å²) < 4.78 is 4.64. The van der Waals surface area contributed by atoms with E-state index >= 15 is 0 Å². The Morgan fingerprint density at radius 1 is 1.57 bits per heavy atom. The molecule has 0 aliphatic rings. The first-order valence-corrected chi connectivity index (χ1v) is 14.9. The summed E-state index contributed by atoms with van der Waals surface area (Å²) in [6.07, 6.45) is 1.14. The fourth-order valence-corrected chi connectivity index (χ4v) is 19.2. The zero-order valence-corrected chi connectivity index (χ0v) is 13.6. The molecule has 0 saturated carbocycles. The second-order valence-corrected chi connectivity index (χ2v) is 20.6. The maximum atomic E-state index is 10.7. The average Bonchev–Trinajstić information content (AvgIpc) is 2.19. The Kier molecular flexibility index (Phi) is 10.1. The molecule has 0 aromatic rings. The van der Waals surface area contributed by atoms with Crippen molar-refractivity contribution in [1.82, 2.24) is 5.32 Å². The summed E-state index contributed by atoms with van der Waals surface area (Å²) in [6, 6.07) is 0. The average molecular weight is 342 g/mol. The molecule has 0 radical (unpaired) electrons. The van der Waals surface area contributed by atoms with Crippen LogP contribution in [0.1, 0.15) is 6.92 Å². The Bertz CT molecular complexity index is 160. The van der Waals surface area contributed by atoms with Gasteiger partial charge in [-0.3, -0.25) is 0 Å². The molecule has 14 heavy (non-hydrogen) atoms. The van der Waals surface area contributed by atoms with E-state index in [-0.39, 0.29) is 0 Å². The van der Waals surface area contributed by atoms with Crippen LogP contribution in [0.25, 0.3) is 0 Å². The third-order valence-corrected chi connectivity index (χ3v) is 23.3. The molecule has 0 aliphatic carbocycles. The van der Waals surface area contributed by atoms with Gasteiger partial charge in [-0.15, -0.1) is 0 Å². The molecule has 1 unspecified atom stereocenters. The molecule has 0 heterocycles. The normalized spacial score (nSPS) is 15.1. The number of hydrogen-bond acceptors (Lipinski definition) is 4. The number of rotatable bonds is 9. The molecule has 0 aromatic heterocycles. The van der Waals surface area contributed by atoms with Crippen LogP contribution < -0.4 is 5.32 Å². The molecule has 1 atom stereocenters. The van der Waals surface area contributed by atoms with Crippen LogP contribution in [-0.2, 0) is 4.79 Å². The van der Waals surface area contributed by atoms with Crippen molar-refractivity contribution >= 4 is 49.1 Å². The Labute approximate surface area is 101 Å². The molecule has 0 aromatic carbocycles. The van der Waals surface area contributed by atoms with Crippen LogP contribution in [0.15, 0.2) is 0 Å². The van der Waals surface area contributed by atoms with E-state index in [1.165, 1.54) is 12.6 Å². The first kappa shape index (κ1) is 15.1. The summed E-state index contributed by atoms with van der Waals surface area (Å²) in [6.45, 7) is 2.25. The Morgan fingerprint density at radius 2 is 2.29 bits per heavy atom. The first-order chi connectivity index (χ1) is 6.74. The van der Waals surface area contributed by atoms with Gasteiger partial charge in [0.15, 0.2) is 0 Å². The molecule has 0 saturated heterocycles. The second kappa shape index (κ2) is 9.36. The Morgan fingerprint density at radius 3 is 2.71 bits per heavy atom. The third kappa shape index (κ3) is 5.88. The van der Waals surface area contributed by atoms with Gasteiger partial charge in [-0.2, -0.15) is 0 Å². The van der Waals surface area contributed by atoms with Crippen LogP contribution in [0.4, 0.5) is 0 Å². The second-order valence-electron chi connectivity index (χ2n) is 3.54. The Hall–Kier alpha value is 1.13. The van der Waals surface area contributed by atoms with Gasteiger partial charge < -0.3 is 0 Å². The quantitative estimate of drug-likeness (QED) is 0.221. The van der Waals surface area contributed by atoms with Crippen LogP contribution in [0, 0.1) is 0 Å². The van der Waals surface area contributed by atoms with Crippen LogP contribution in [-0.4, -0.2) is 47.1 Å². The zero-order valence-electron chi connectivity index (χ0n) is 9.08. The molecule has 0 rings (SSSR count). The van der Waals surface area contributed by atoms with E-state index < -0.39 is 18.4 Å². The molecule has 5 heteroatoms. The van der Waals surface area contributed by atoms with Gasteiger partial charge in [-0.1, -0.05) is 0 Å². The molecular formula is C9H21NOS2Sn. The molecule has 2 nitrogen and oxygen atoms in total. The Balaban J connectivity index is 4.09. The monoisotopic (exact) mass is 343 g/mol. The van der Waals surface area contributed by atoms with Crippen LogP contribution in [0.2, 0.25) is 13.3 Å². The number of aldehydes is 1. The van der Waals surface area contributed by atoms with Crippen LogP contribution >= 0.6 is 24.4 Å². The molecular weight excluding hydrogens is 321 g/mol. The predicted octanol–water partition coefficient (Wildman–Crippen LogP) is 2.03. The third-order valence-electron chi connectivity index (χ3n) is 2.56. The van der Waals surface area contributed by atoms with Crippen molar-refractivity contribution in [2.75, 3.05) is 22.4 Å². The van der Waals surface area contributed by atoms with Crippen molar-refractivity contribution in [3.8, 4) is 0 Å². The molecule has 84 valence electrons. The number of carbonyl (C=O) groups is 1. The van der Waals surface area contributed by atoms with Crippen molar-refractivity contribution in [2.45, 2.75) is 20.2 Å². The first-order valence-electron chi connectivity index (χ1n) is 5.01. The fraction of sp³-hybridized carbons (Fsp3) is 0.889. The van der Waals surface area contributed by atoms with Gasteiger partial charge in [0.1, 0.15) is 0 Å². The summed E-state index contributed by atoms with van der Waals surface area (Å²) in [5, 5.41) is 3.14. The minimum absolute atomic E-state index is 0.877. The van der Waals surface area contributed by atoms with E-state index in [1.54, 1.807) is 0 Å². The molecule has 1 N–H and O–H groups in total. The van der Waals surface area contributed by atoms with E-state index in [0.717, 1.165) is 22.4 Å². The standard InChI is InChI=1S/C3H8NS.C2H3O.C2H5S.C2H5.Sn/c1-4-3-5-2;2*1-2-3;1-2;/h4H,2-3H2,1H3;2H,1H2;3H,1-2H2;1H2,2H3;. The fourth-order valence-electron chi connectivity index (χ4n) is 1.44. The summed E-state index contributed by atoms with van der Waals surface area (Å²) in [4.78, 5) is 10.7. The van der Waals surface area contributed by atoms with E-state index in [0.29, 0.717) is 0 Å². The zero-order chi connectivity index (χ0) is 10.9. The number of thiol groups is 1. The molecule has 0 aliphatic heterocycles. The van der Waals surface area contributed by atoms with Crippen molar-refractivity contribution in [1.29, 1.82) is 0 Å². The minimum atomic E-state index is -2.10. The maximum absolute atomic E-state index is 10.7. The molecule has 0 bridgehead atoms. The van der Waals surface area contributed by atoms with Gasteiger partial charge >= 0.3 is 102 Å². The molecule has 0 fully saturated rings. The van der Waals surface area contributed by atoms with Crippen molar-refractivity contribution in [2.24, 2.45) is 0 Å². The summed E-state index contributed by atoms with van der Waals surface area (Å²) in [7, 11) is 1.97. The topological polar surface area (TPSA) is 29.1 Å². The van der Waals surface area contributed by atoms with Crippen LogP contribution in [0.3, 0.4) is 0 Å². The summed E-state index contributed by atoms with van der Waals surface area (Å²) in [5.41, 5.74) is 0. The molecule has 0 amide bonds. The SMILES string of the molecule is C[CH2][Sn]([CH2]C=O)([CH2]CS)[CH2]SCNC. The predicted molar refractivity (Wildman–Crippen MR) is 72.2 cm³/mol. The van der Waals surface area contributed by atoms with Crippen molar-refractivity contribution in [3.05, 3.63) is 0 Å². The van der Waals surface area contributed by atoms with Gasteiger partial charge in [-0.25, -0.2) is 0 Å². The van der Waals surface area contributed by atoms with E-state index in [9.17, 15) is 4.79 Å². The number of thioether (sulfide) groups is 1. The van der Waals surface area contributed by atoms with Gasteiger partial charge in [0.2, 0.25) is 0 Å². The summed E-state index contributed by atoms with van der Waals surface area (Å²) >= 11 is 4.18.